The van der Waals surface area contributed by atoms with Crippen molar-refractivity contribution >= 4 is 17.2 Å². The molecule has 27 heavy (non-hydrogen) atoms. The van der Waals surface area contributed by atoms with E-state index in [4.69, 9.17) is 10.00 Å². The van der Waals surface area contributed by atoms with Crippen LogP contribution in [0.2, 0.25) is 0 Å². The summed E-state index contributed by atoms with van der Waals surface area (Å²) in [5.74, 6) is 0.666. The zero-order chi connectivity index (χ0) is 19.2. The number of hydrogen-bond donors (Lipinski definition) is 0. The van der Waals surface area contributed by atoms with E-state index in [1.807, 2.05) is 43.3 Å². The summed E-state index contributed by atoms with van der Waals surface area (Å²) in [7, 11) is 1.73. The van der Waals surface area contributed by atoms with E-state index in [0.717, 1.165) is 21.9 Å². The minimum Gasteiger partial charge on any atom is -0.494 e. The van der Waals surface area contributed by atoms with Gasteiger partial charge in [-0.15, -0.1) is 11.3 Å². The van der Waals surface area contributed by atoms with E-state index in [-0.39, 0.29) is 5.91 Å². The zero-order valence-electron chi connectivity index (χ0n) is 15.2. The second kappa shape index (κ2) is 8.47. The fourth-order valence-corrected chi connectivity index (χ4v) is 3.45. The van der Waals surface area contributed by atoms with E-state index in [9.17, 15) is 4.79 Å². The standard InChI is InChI=1S/C21H19N3O2S/c1-3-26-18-9-7-17(8-10-18)20-23-19(14-27-20)21(25)24(2)13-16-6-4-5-15(11-16)12-22/h4-11,14H,3,13H2,1-2H3. The van der Waals surface area contributed by atoms with Gasteiger partial charge in [-0.3, -0.25) is 4.79 Å². The maximum atomic E-state index is 12.7. The molecule has 6 heteroatoms. The molecule has 0 aliphatic rings. The Labute approximate surface area is 162 Å². The maximum absolute atomic E-state index is 12.7. The van der Waals surface area contributed by atoms with E-state index in [1.54, 1.807) is 29.5 Å². The Hall–Kier alpha value is -3.17. The van der Waals surface area contributed by atoms with Gasteiger partial charge in [-0.1, -0.05) is 12.1 Å². The largest absolute Gasteiger partial charge is 0.494 e. The van der Waals surface area contributed by atoms with E-state index in [1.165, 1.54) is 11.3 Å². The van der Waals surface area contributed by atoms with Crippen molar-refractivity contribution < 1.29 is 9.53 Å². The highest BCUT2D eigenvalue weighted by molar-refractivity contribution is 7.13. The highest BCUT2D eigenvalue weighted by Gasteiger charge is 2.16. The third kappa shape index (κ3) is 4.52. The van der Waals surface area contributed by atoms with Gasteiger partial charge in [0.05, 0.1) is 18.2 Å². The van der Waals surface area contributed by atoms with Crippen LogP contribution in [0.5, 0.6) is 5.75 Å². The molecule has 0 saturated carbocycles. The van der Waals surface area contributed by atoms with Gasteiger partial charge in [0.2, 0.25) is 0 Å². The molecule has 0 saturated heterocycles. The third-order valence-electron chi connectivity index (χ3n) is 3.96. The lowest BCUT2D eigenvalue weighted by molar-refractivity contribution is 0.0780. The summed E-state index contributed by atoms with van der Waals surface area (Å²) < 4.78 is 5.45. The van der Waals surface area contributed by atoms with Crippen LogP contribution in [0.1, 0.15) is 28.5 Å². The molecule has 5 nitrogen and oxygen atoms in total. The average molecular weight is 377 g/mol. The van der Waals surface area contributed by atoms with Crippen LogP contribution < -0.4 is 4.74 Å². The Morgan fingerprint density at radius 1 is 1.26 bits per heavy atom. The molecule has 0 aliphatic carbocycles. The molecule has 1 heterocycles. The number of aromatic nitrogens is 1. The van der Waals surface area contributed by atoms with Crippen molar-refractivity contribution in [3.8, 4) is 22.4 Å². The number of thiazole rings is 1. The van der Waals surface area contributed by atoms with Gasteiger partial charge in [-0.25, -0.2) is 4.98 Å². The summed E-state index contributed by atoms with van der Waals surface area (Å²) in [6.07, 6.45) is 0. The van der Waals surface area contributed by atoms with Crippen LogP contribution in [0.4, 0.5) is 0 Å². The lowest BCUT2D eigenvalue weighted by atomic mass is 10.1. The van der Waals surface area contributed by atoms with E-state index in [2.05, 4.69) is 11.1 Å². The molecule has 1 amide bonds. The molecule has 0 spiro atoms. The Morgan fingerprint density at radius 3 is 2.74 bits per heavy atom. The fraction of sp³-hybridized carbons (Fsp3) is 0.190. The van der Waals surface area contributed by atoms with Crippen LogP contribution in [-0.4, -0.2) is 29.4 Å². The van der Waals surface area contributed by atoms with E-state index >= 15 is 0 Å². The van der Waals surface area contributed by atoms with Crippen molar-refractivity contribution in [1.82, 2.24) is 9.88 Å². The van der Waals surface area contributed by atoms with Crippen LogP contribution in [0.3, 0.4) is 0 Å². The number of benzene rings is 2. The number of rotatable bonds is 6. The quantitative estimate of drug-likeness (QED) is 0.640. The van der Waals surface area contributed by atoms with Crippen LogP contribution in [0.15, 0.2) is 53.9 Å². The topological polar surface area (TPSA) is 66.2 Å². The predicted octanol–water partition coefficient (Wildman–Crippen LogP) is 4.35. The van der Waals surface area contributed by atoms with Crippen molar-refractivity contribution in [2.24, 2.45) is 0 Å². The van der Waals surface area contributed by atoms with Gasteiger partial charge in [-0.05, 0) is 48.9 Å². The lowest BCUT2D eigenvalue weighted by Gasteiger charge is -2.16. The van der Waals surface area contributed by atoms with Gasteiger partial charge >= 0.3 is 0 Å². The summed E-state index contributed by atoms with van der Waals surface area (Å²) in [4.78, 5) is 18.8. The fourth-order valence-electron chi connectivity index (χ4n) is 2.65. The lowest BCUT2D eigenvalue weighted by Crippen LogP contribution is -2.26. The van der Waals surface area contributed by atoms with Crippen LogP contribution in [0.25, 0.3) is 10.6 Å². The number of hydrogen-bond acceptors (Lipinski definition) is 5. The van der Waals surface area contributed by atoms with Crippen LogP contribution in [-0.2, 0) is 6.54 Å². The molecule has 0 aliphatic heterocycles. The van der Waals surface area contributed by atoms with Crippen molar-refractivity contribution in [3.63, 3.8) is 0 Å². The first-order chi connectivity index (χ1) is 13.1. The molecule has 0 unspecified atom stereocenters. The molecular weight excluding hydrogens is 358 g/mol. The van der Waals surface area contributed by atoms with Gasteiger partial charge in [-0.2, -0.15) is 5.26 Å². The number of nitriles is 1. The minimum atomic E-state index is -0.147. The summed E-state index contributed by atoms with van der Waals surface area (Å²) >= 11 is 1.44. The van der Waals surface area contributed by atoms with Crippen molar-refractivity contribution in [3.05, 3.63) is 70.7 Å². The van der Waals surface area contributed by atoms with Gasteiger partial charge in [0, 0.05) is 24.5 Å². The number of nitrogens with zero attached hydrogens (tertiary/aromatic N) is 3. The first kappa shape index (κ1) is 18.6. The maximum Gasteiger partial charge on any atom is 0.273 e. The Balaban J connectivity index is 1.71. The van der Waals surface area contributed by atoms with Gasteiger partial charge < -0.3 is 9.64 Å². The molecule has 136 valence electrons. The molecule has 0 N–H and O–H groups in total. The third-order valence-corrected chi connectivity index (χ3v) is 4.85. The van der Waals surface area contributed by atoms with Crippen molar-refractivity contribution in [2.75, 3.05) is 13.7 Å². The van der Waals surface area contributed by atoms with Crippen molar-refractivity contribution in [2.45, 2.75) is 13.5 Å². The first-order valence-corrected chi connectivity index (χ1v) is 9.42. The van der Waals surface area contributed by atoms with E-state index in [0.29, 0.717) is 24.4 Å². The Kier molecular flexibility index (Phi) is 5.84. The first-order valence-electron chi connectivity index (χ1n) is 8.54. The molecule has 3 aromatic rings. The SMILES string of the molecule is CCOc1ccc(-c2nc(C(=O)N(C)Cc3cccc(C#N)c3)cs2)cc1. The zero-order valence-corrected chi connectivity index (χ0v) is 16.0. The monoisotopic (exact) mass is 377 g/mol. The van der Waals surface area contributed by atoms with E-state index < -0.39 is 0 Å². The molecule has 0 bridgehead atoms. The number of ether oxygens (including phenoxy) is 1. The number of carbonyl (C=O) groups excluding carboxylic acids is 1. The summed E-state index contributed by atoms with van der Waals surface area (Å²) in [5, 5.41) is 11.6. The normalized spacial score (nSPS) is 10.3. The Morgan fingerprint density at radius 2 is 2.04 bits per heavy atom. The average Bonchev–Trinajstić information content (AvgIpc) is 3.18. The highest BCUT2D eigenvalue weighted by atomic mass is 32.1. The molecule has 2 aromatic carbocycles. The molecule has 0 radical (unpaired) electrons. The minimum absolute atomic E-state index is 0.147. The number of carbonyl (C=O) groups is 1. The summed E-state index contributed by atoms with van der Waals surface area (Å²) in [6.45, 7) is 2.99. The molecule has 3 rings (SSSR count). The molecular formula is C21H19N3O2S. The molecule has 1 aromatic heterocycles. The molecule has 0 atom stereocenters. The smallest absolute Gasteiger partial charge is 0.273 e. The second-order valence-corrected chi connectivity index (χ2v) is 6.83. The second-order valence-electron chi connectivity index (χ2n) is 5.97. The van der Waals surface area contributed by atoms with Crippen LogP contribution >= 0.6 is 11.3 Å². The summed E-state index contributed by atoms with van der Waals surface area (Å²) in [6, 6.07) is 17.0. The summed E-state index contributed by atoms with van der Waals surface area (Å²) in [5.41, 5.74) is 2.86. The van der Waals surface area contributed by atoms with Gasteiger partial charge in [0.25, 0.3) is 5.91 Å². The Bertz CT molecular complexity index is 974. The predicted molar refractivity (Wildman–Crippen MR) is 106 cm³/mol. The van der Waals surface area contributed by atoms with Crippen molar-refractivity contribution in [1.29, 1.82) is 5.26 Å². The number of amides is 1. The van der Waals surface area contributed by atoms with Gasteiger partial charge in [0.1, 0.15) is 16.5 Å². The van der Waals surface area contributed by atoms with Gasteiger partial charge in [0.15, 0.2) is 0 Å². The highest BCUT2D eigenvalue weighted by Crippen LogP contribution is 2.26. The molecule has 0 fully saturated rings. The van der Waals surface area contributed by atoms with Crippen LogP contribution in [0, 0.1) is 11.3 Å².